The summed E-state index contributed by atoms with van der Waals surface area (Å²) in [6, 6.07) is -0.809. The molecule has 0 aromatic carbocycles. The molecule has 1 N–H and O–H groups in total. The number of amides is 1. The van der Waals surface area contributed by atoms with Crippen LogP contribution >= 0.6 is 11.3 Å². The van der Waals surface area contributed by atoms with Crippen molar-refractivity contribution in [3.05, 3.63) is 16.8 Å². The molecule has 27 heavy (non-hydrogen) atoms. The molecular formula is C16H17F3N4O3S. The summed E-state index contributed by atoms with van der Waals surface area (Å²) in [5.74, 6) is -0.786. The van der Waals surface area contributed by atoms with Gasteiger partial charge in [-0.15, -0.1) is 11.3 Å². The highest BCUT2D eigenvalue weighted by Crippen LogP contribution is 2.34. The minimum atomic E-state index is -4.44. The second-order valence-corrected chi connectivity index (χ2v) is 7.04. The van der Waals surface area contributed by atoms with E-state index in [2.05, 4.69) is 15.3 Å². The van der Waals surface area contributed by atoms with Gasteiger partial charge in [0.05, 0.1) is 12.0 Å². The Kier molecular flexibility index (Phi) is 5.22. The number of alkyl halides is 3. The molecule has 1 saturated heterocycles. The molecule has 1 fully saturated rings. The molecule has 7 nitrogen and oxygen atoms in total. The molecule has 1 unspecified atom stereocenters. The third kappa shape index (κ3) is 3.97. The molecule has 0 saturated carbocycles. The maximum atomic E-state index is 12.6. The summed E-state index contributed by atoms with van der Waals surface area (Å²) in [5.41, 5.74) is 0.606. The van der Waals surface area contributed by atoms with Gasteiger partial charge >= 0.3 is 12.1 Å². The number of aryl methyl sites for hydroxylation is 1. The van der Waals surface area contributed by atoms with Crippen molar-refractivity contribution >= 4 is 39.2 Å². The molecule has 0 bridgehead atoms. The first-order valence-corrected chi connectivity index (χ1v) is 9.06. The molecule has 1 atom stereocenters. The van der Waals surface area contributed by atoms with Crippen LogP contribution in [0.4, 0.5) is 19.0 Å². The van der Waals surface area contributed by atoms with Crippen molar-refractivity contribution in [1.82, 2.24) is 14.9 Å². The number of nitrogens with one attached hydrogen (secondary N) is 1. The smallest absolute Gasteiger partial charge is 0.406 e. The van der Waals surface area contributed by atoms with E-state index in [9.17, 15) is 22.8 Å². The van der Waals surface area contributed by atoms with Gasteiger partial charge in [-0.05, 0) is 25.8 Å². The highest BCUT2D eigenvalue weighted by atomic mass is 32.1. The summed E-state index contributed by atoms with van der Waals surface area (Å²) < 4.78 is 42.7. The number of ether oxygens (including phenoxy) is 1. The van der Waals surface area contributed by atoms with E-state index in [-0.39, 0.29) is 19.6 Å². The fourth-order valence-electron chi connectivity index (χ4n) is 2.98. The monoisotopic (exact) mass is 402 g/mol. The first kappa shape index (κ1) is 19.3. The molecule has 1 aliphatic heterocycles. The van der Waals surface area contributed by atoms with E-state index in [4.69, 9.17) is 4.74 Å². The summed E-state index contributed by atoms with van der Waals surface area (Å²) in [6.07, 6.45) is -2.93. The molecule has 3 rings (SSSR count). The summed E-state index contributed by atoms with van der Waals surface area (Å²) in [5, 5.41) is 3.48. The zero-order chi connectivity index (χ0) is 19.8. The molecule has 0 spiro atoms. The standard InChI is InChI=1S/C16H17F3N4O3S/c1-3-26-15(25)11-8(2)10-12(20-7-21-13(10)27-11)22-9-4-5-23(14(9)24)6-16(17,18)19/h7,9H,3-6H2,1-2H3,(H,20,21,22). The fourth-order valence-corrected chi connectivity index (χ4v) is 4.03. The molecule has 0 aliphatic carbocycles. The maximum Gasteiger partial charge on any atom is 0.406 e. The summed E-state index contributed by atoms with van der Waals surface area (Å²) in [7, 11) is 0. The van der Waals surface area contributed by atoms with Crippen molar-refractivity contribution in [1.29, 1.82) is 0 Å². The number of esters is 1. The maximum absolute atomic E-state index is 12.6. The number of carbonyl (C=O) groups excluding carboxylic acids is 2. The van der Waals surface area contributed by atoms with Crippen LogP contribution in [0.3, 0.4) is 0 Å². The highest BCUT2D eigenvalue weighted by Gasteiger charge is 2.39. The number of hydrogen-bond acceptors (Lipinski definition) is 7. The highest BCUT2D eigenvalue weighted by molar-refractivity contribution is 7.20. The van der Waals surface area contributed by atoms with Gasteiger partial charge in [0.25, 0.3) is 0 Å². The third-order valence-electron chi connectivity index (χ3n) is 4.17. The Labute approximate surface area is 156 Å². The second-order valence-electron chi connectivity index (χ2n) is 6.04. The Hall–Kier alpha value is -2.43. The molecule has 1 aliphatic rings. The quantitative estimate of drug-likeness (QED) is 0.775. The van der Waals surface area contributed by atoms with Crippen molar-refractivity contribution in [3.8, 4) is 0 Å². The Morgan fingerprint density at radius 2 is 2.19 bits per heavy atom. The lowest BCUT2D eigenvalue weighted by Crippen LogP contribution is -2.39. The number of thiophene rings is 1. The van der Waals surface area contributed by atoms with Crippen molar-refractivity contribution in [2.24, 2.45) is 0 Å². The van der Waals surface area contributed by atoms with E-state index in [0.717, 1.165) is 16.2 Å². The molecule has 1 amide bonds. The molecule has 146 valence electrons. The van der Waals surface area contributed by atoms with Crippen LogP contribution in [0.5, 0.6) is 0 Å². The predicted molar refractivity (Wildman–Crippen MR) is 92.8 cm³/mol. The largest absolute Gasteiger partial charge is 0.462 e. The number of carbonyl (C=O) groups is 2. The number of fused-ring (bicyclic) bond motifs is 1. The summed E-state index contributed by atoms with van der Waals surface area (Å²) >= 11 is 1.14. The van der Waals surface area contributed by atoms with Crippen LogP contribution in [0, 0.1) is 6.92 Å². The minimum Gasteiger partial charge on any atom is -0.462 e. The summed E-state index contributed by atoms with van der Waals surface area (Å²) in [6.45, 7) is 2.39. The molecule has 0 radical (unpaired) electrons. The first-order valence-electron chi connectivity index (χ1n) is 8.24. The molecule has 11 heteroatoms. The molecular weight excluding hydrogens is 385 g/mol. The number of rotatable bonds is 5. The average molecular weight is 402 g/mol. The molecule has 2 aromatic rings. The minimum absolute atomic E-state index is 0.0148. The van der Waals surface area contributed by atoms with Crippen LogP contribution in [0.2, 0.25) is 0 Å². The van der Waals surface area contributed by atoms with Gasteiger partial charge in [-0.2, -0.15) is 13.2 Å². The number of anilines is 1. The van der Waals surface area contributed by atoms with Crippen LogP contribution in [0.25, 0.3) is 10.2 Å². The fraction of sp³-hybridized carbons (Fsp3) is 0.500. The normalized spacial score (nSPS) is 17.6. The van der Waals surface area contributed by atoms with E-state index in [1.807, 2.05) is 0 Å². The van der Waals surface area contributed by atoms with Crippen LogP contribution < -0.4 is 5.32 Å². The van der Waals surface area contributed by atoms with E-state index >= 15 is 0 Å². The van der Waals surface area contributed by atoms with Gasteiger partial charge in [0.15, 0.2) is 0 Å². The number of aromatic nitrogens is 2. The number of likely N-dealkylation sites (tertiary alicyclic amines) is 1. The van der Waals surface area contributed by atoms with Crippen LogP contribution in [0.15, 0.2) is 6.33 Å². The second kappa shape index (κ2) is 7.29. The SMILES string of the molecule is CCOC(=O)c1sc2ncnc(NC3CCN(CC(F)(F)F)C3=O)c2c1C. The Balaban J connectivity index is 1.86. The lowest BCUT2D eigenvalue weighted by Gasteiger charge is -2.19. The zero-order valence-corrected chi connectivity index (χ0v) is 15.4. The Morgan fingerprint density at radius 1 is 1.44 bits per heavy atom. The van der Waals surface area contributed by atoms with Crippen molar-refractivity contribution in [3.63, 3.8) is 0 Å². The topological polar surface area (TPSA) is 84.4 Å². The average Bonchev–Trinajstić information content (AvgIpc) is 3.09. The van der Waals surface area contributed by atoms with Crippen LogP contribution in [-0.2, 0) is 9.53 Å². The number of nitrogens with zero attached hydrogens (tertiary/aromatic N) is 3. The van der Waals surface area contributed by atoms with Crippen molar-refractivity contribution in [2.45, 2.75) is 32.5 Å². The van der Waals surface area contributed by atoms with Crippen LogP contribution in [-0.4, -0.2) is 58.7 Å². The van der Waals surface area contributed by atoms with Gasteiger partial charge in [0.2, 0.25) is 5.91 Å². The van der Waals surface area contributed by atoms with Gasteiger partial charge in [-0.3, -0.25) is 4.79 Å². The van der Waals surface area contributed by atoms with Gasteiger partial charge in [0, 0.05) is 6.54 Å². The Bertz CT molecular complexity index is 884. The van der Waals surface area contributed by atoms with Gasteiger partial charge in [-0.25, -0.2) is 14.8 Å². The number of halogens is 3. The lowest BCUT2D eigenvalue weighted by atomic mass is 10.2. The van der Waals surface area contributed by atoms with E-state index in [1.54, 1.807) is 13.8 Å². The molecule has 3 heterocycles. The van der Waals surface area contributed by atoms with E-state index in [0.29, 0.717) is 26.5 Å². The predicted octanol–water partition coefficient (Wildman–Crippen LogP) is 2.75. The van der Waals surface area contributed by atoms with Gasteiger partial charge in [0.1, 0.15) is 34.4 Å². The van der Waals surface area contributed by atoms with Gasteiger partial charge < -0.3 is 15.0 Å². The lowest BCUT2D eigenvalue weighted by molar-refractivity contribution is -0.157. The van der Waals surface area contributed by atoms with Crippen LogP contribution in [0.1, 0.15) is 28.6 Å². The van der Waals surface area contributed by atoms with Crippen molar-refractivity contribution < 1.29 is 27.5 Å². The van der Waals surface area contributed by atoms with Gasteiger partial charge in [-0.1, -0.05) is 0 Å². The van der Waals surface area contributed by atoms with E-state index in [1.165, 1.54) is 6.33 Å². The Morgan fingerprint density at radius 3 is 2.85 bits per heavy atom. The first-order chi connectivity index (χ1) is 12.7. The van der Waals surface area contributed by atoms with E-state index < -0.39 is 30.6 Å². The number of hydrogen-bond donors (Lipinski definition) is 1. The summed E-state index contributed by atoms with van der Waals surface area (Å²) in [4.78, 5) is 34.3. The molecule has 2 aromatic heterocycles. The zero-order valence-electron chi connectivity index (χ0n) is 14.6. The van der Waals surface area contributed by atoms with Crippen molar-refractivity contribution in [2.75, 3.05) is 25.0 Å². The third-order valence-corrected chi connectivity index (χ3v) is 5.35.